The Morgan fingerprint density at radius 2 is 1.86 bits per heavy atom. The maximum Gasteiger partial charge on any atom is 0.145 e. The highest BCUT2D eigenvalue weighted by Gasteiger charge is 2.48. The zero-order chi connectivity index (χ0) is 14.9. The van der Waals surface area contributed by atoms with Crippen LogP contribution >= 0.6 is 0 Å². The Bertz CT molecular complexity index is 1040. The summed E-state index contributed by atoms with van der Waals surface area (Å²) in [6, 6.07) is 15.4. The molecule has 2 aromatic carbocycles. The average molecular weight is 286 g/mol. The summed E-state index contributed by atoms with van der Waals surface area (Å²) in [7, 11) is 0. The molecule has 0 spiro atoms. The summed E-state index contributed by atoms with van der Waals surface area (Å²) >= 11 is 0. The van der Waals surface area contributed by atoms with Gasteiger partial charge in [-0.25, -0.2) is 4.98 Å². The molecule has 0 saturated heterocycles. The van der Waals surface area contributed by atoms with Crippen LogP contribution in [0.25, 0.3) is 27.3 Å². The second kappa shape index (κ2) is 3.89. The van der Waals surface area contributed by atoms with E-state index in [0.29, 0.717) is 5.41 Å². The molecule has 0 amide bonds. The van der Waals surface area contributed by atoms with Gasteiger partial charge in [-0.15, -0.1) is 0 Å². The number of hydrogen-bond donors (Lipinski definition) is 0. The van der Waals surface area contributed by atoms with Crippen molar-refractivity contribution < 1.29 is 0 Å². The van der Waals surface area contributed by atoms with E-state index in [9.17, 15) is 0 Å². The highest BCUT2D eigenvalue weighted by molar-refractivity contribution is 6.13. The highest BCUT2D eigenvalue weighted by Crippen LogP contribution is 2.55. The second-order valence-corrected chi connectivity index (χ2v) is 6.89. The number of aromatic nitrogens is 2. The van der Waals surface area contributed by atoms with Crippen molar-refractivity contribution in [2.45, 2.75) is 25.7 Å². The zero-order valence-electron chi connectivity index (χ0n) is 12.9. The fourth-order valence-corrected chi connectivity index (χ4v) is 4.04. The van der Waals surface area contributed by atoms with Crippen molar-refractivity contribution in [2.24, 2.45) is 5.92 Å². The number of nitrogens with zero attached hydrogens (tertiary/aromatic N) is 2. The van der Waals surface area contributed by atoms with E-state index in [1.54, 1.807) is 0 Å². The second-order valence-electron chi connectivity index (χ2n) is 6.89. The van der Waals surface area contributed by atoms with Gasteiger partial charge < -0.3 is 0 Å². The third-order valence-corrected chi connectivity index (χ3v) is 5.66. The van der Waals surface area contributed by atoms with Crippen molar-refractivity contribution >= 4 is 27.3 Å². The number of hydrogen-bond acceptors (Lipinski definition) is 1. The fourth-order valence-electron chi connectivity index (χ4n) is 4.04. The molecule has 1 aliphatic rings. The molecule has 1 fully saturated rings. The summed E-state index contributed by atoms with van der Waals surface area (Å²) in [5, 5.41) is 3.96. The van der Waals surface area contributed by atoms with Crippen LogP contribution in [0.4, 0.5) is 0 Å². The van der Waals surface area contributed by atoms with Crippen molar-refractivity contribution in [3.05, 3.63) is 60.4 Å². The van der Waals surface area contributed by atoms with E-state index in [-0.39, 0.29) is 0 Å². The van der Waals surface area contributed by atoms with Crippen LogP contribution in [0.3, 0.4) is 0 Å². The molecule has 22 heavy (non-hydrogen) atoms. The number of pyridine rings is 1. The van der Waals surface area contributed by atoms with E-state index in [0.717, 1.165) is 11.6 Å². The normalized spacial score (nSPS) is 24.4. The van der Waals surface area contributed by atoms with E-state index in [2.05, 4.69) is 71.9 Å². The Balaban J connectivity index is 2.07. The lowest BCUT2D eigenvalue weighted by Crippen LogP contribution is -2.05. The van der Waals surface area contributed by atoms with Crippen molar-refractivity contribution in [1.82, 2.24) is 9.38 Å². The molecule has 108 valence electrons. The fraction of sp³-hybridized carbons (Fsp3) is 0.250. The largest absolute Gasteiger partial charge is 0.299 e. The first-order valence-electron chi connectivity index (χ1n) is 7.97. The molecule has 0 aliphatic heterocycles. The van der Waals surface area contributed by atoms with Gasteiger partial charge >= 0.3 is 0 Å². The van der Waals surface area contributed by atoms with Crippen molar-refractivity contribution in [1.29, 1.82) is 0 Å². The topological polar surface area (TPSA) is 17.3 Å². The lowest BCUT2D eigenvalue weighted by atomic mass is 9.90. The SMILES string of the molecule is C[C@H]1CC1(C)c1cccc2c3ccccc3n3ccnc3c12. The van der Waals surface area contributed by atoms with Crippen LogP contribution in [-0.2, 0) is 5.41 Å². The number of imidazole rings is 1. The monoisotopic (exact) mass is 286 g/mol. The molecule has 2 heteroatoms. The number of rotatable bonds is 1. The summed E-state index contributed by atoms with van der Waals surface area (Å²) < 4.78 is 2.23. The smallest absolute Gasteiger partial charge is 0.145 e. The van der Waals surface area contributed by atoms with Gasteiger partial charge in [0, 0.05) is 23.2 Å². The van der Waals surface area contributed by atoms with Crippen LogP contribution in [0, 0.1) is 5.92 Å². The summed E-state index contributed by atoms with van der Waals surface area (Å²) in [5.74, 6) is 0.750. The molecule has 2 aromatic heterocycles. The molecule has 5 rings (SSSR count). The predicted octanol–water partition coefficient (Wildman–Crippen LogP) is 4.94. The quantitative estimate of drug-likeness (QED) is 0.453. The van der Waals surface area contributed by atoms with Crippen LogP contribution in [-0.4, -0.2) is 9.38 Å². The van der Waals surface area contributed by atoms with Crippen LogP contribution in [0.1, 0.15) is 25.8 Å². The zero-order valence-corrected chi connectivity index (χ0v) is 12.9. The maximum absolute atomic E-state index is 4.69. The van der Waals surface area contributed by atoms with Crippen molar-refractivity contribution in [2.75, 3.05) is 0 Å². The molecule has 2 heterocycles. The summed E-state index contributed by atoms with van der Waals surface area (Å²) in [4.78, 5) is 4.69. The van der Waals surface area contributed by atoms with Crippen molar-refractivity contribution in [3.63, 3.8) is 0 Å². The highest BCUT2D eigenvalue weighted by atomic mass is 15.0. The van der Waals surface area contributed by atoms with E-state index in [1.165, 1.54) is 33.7 Å². The van der Waals surface area contributed by atoms with Gasteiger partial charge in [-0.2, -0.15) is 0 Å². The van der Waals surface area contributed by atoms with Gasteiger partial charge in [0.15, 0.2) is 0 Å². The van der Waals surface area contributed by atoms with Crippen LogP contribution < -0.4 is 0 Å². The molecule has 2 atom stereocenters. The van der Waals surface area contributed by atoms with Gasteiger partial charge in [-0.3, -0.25) is 4.40 Å². The Morgan fingerprint density at radius 3 is 2.68 bits per heavy atom. The summed E-state index contributed by atoms with van der Waals surface area (Å²) in [6.45, 7) is 4.74. The molecular formula is C20H18N2. The third-order valence-electron chi connectivity index (χ3n) is 5.66. The average Bonchev–Trinajstić information content (AvgIpc) is 2.98. The lowest BCUT2D eigenvalue weighted by molar-refractivity contribution is 0.708. The van der Waals surface area contributed by atoms with E-state index in [4.69, 9.17) is 0 Å². The third kappa shape index (κ3) is 1.38. The van der Waals surface area contributed by atoms with Gasteiger partial charge in [-0.05, 0) is 34.8 Å². The Hall–Kier alpha value is -2.35. The van der Waals surface area contributed by atoms with Crippen molar-refractivity contribution in [3.8, 4) is 0 Å². The molecule has 0 N–H and O–H groups in total. The van der Waals surface area contributed by atoms with Crippen LogP contribution in [0.2, 0.25) is 0 Å². The van der Waals surface area contributed by atoms with Gasteiger partial charge in [0.1, 0.15) is 5.65 Å². The van der Waals surface area contributed by atoms with E-state index < -0.39 is 0 Å². The first-order chi connectivity index (χ1) is 10.7. The minimum Gasteiger partial charge on any atom is -0.299 e. The summed E-state index contributed by atoms with van der Waals surface area (Å²) in [5.41, 5.74) is 4.08. The first-order valence-corrected chi connectivity index (χ1v) is 7.97. The minimum atomic E-state index is 0.300. The molecule has 0 bridgehead atoms. The van der Waals surface area contributed by atoms with Gasteiger partial charge in [0.25, 0.3) is 0 Å². The maximum atomic E-state index is 4.69. The predicted molar refractivity (Wildman–Crippen MR) is 91.3 cm³/mol. The lowest BCUT2D eigenvalue weighted by Gasteiger charge is -2.16. The van der Waals surface area contributed by atoms with Gasteiger partial charge in [0.2, 0.25) is 0 Å². The summed E-state index contributed by atoms with van der Waals surface area (Å²) in [6.07, 6.45) is 5.26. The van der Waals surface area contributed by atoms with E-state index >= 15 is 0 Å². The Kier molecular flexibility index (Phi) is 2.16. The van der Waals surface area contributed by atoms with Gasteiger partial charge in [-0.1, -0.05) is 50.2 Å². The molecule has 0 radical (unpaired) electrons. The standard InChI is InChI=1S/C20H18N2/c1-13-12-20(13,2)16-8-5-7-15-14-6-3-4-9-17(14)22-11-10-21-19(22)18(15)16/h3-11,13H,12H2,1-2H3/t13-,20?/m0/s1. The van der Waals surface area contributed by atoms with E-state index in [1.807, 2.05) is 6.20 Å². The molecular weight excluding hydrogens is 268 g/mol. The first kappa shape index (κ1) is 12.2. The molecule has 1 unspecified atom stereocenters. The Labute approximate surface area is 129 Å². The molecule has 1 saturated carbocycles. The Morgan fingerprint density at radius 1 is 1.09 bits per heavy atom. The molecule has 2 nitrogen and oxygen atoms in total. The molecule has 4 aromatic rings. The van der Waals surface area contributed by atoms with Gasteiger partial charge in [0.05, 0.1) is 5.52 Å². The van der Waals surface area contributed by atoms with Crippen LogP contribution in [0.5, 0.6) is 0 Å². The molecule has 1 aliphatic carbocycles. The number of fused-ring (bicyclic) bond motifs is 6. The minimum absolute atomic E-state index is 0.300. The van der Waals surface area contributed by atoms with Crippen LogP contribution in [0.15, 0.2) is 54.9 Å². The number of benzene rings is 2. The number of para-hydroxylation sites is 1.